The Kier molecular flexibility index (Phi) is 4.76. The standard InChI is InChI=1S/C12H19ClN2/c1-3-4-5-6-15-12-7-9(2)10(13)8-11(12)14/h7-8,15H,3-6,14H2,1-2H3. The molecule has 0 fully saturated rings. The molecule has 2 nitrogen and oxygen atoms in total. The van der Waals surface area contributed by atoms with E-state index in [0.29, 0.717) is 0 Å². The van der Waals surface area contributed by atoms with E-state index in [9.17, 15) is 0 Å². The van der Waals surface area contributed by atoms with Gasteiger partial charge in [0.1, 0.15) is 0 Å². The predicted molar refractivity (Wildman–Crippen MR) is 68.6 cm³/mol. The highest BCUT2D eigenvalue weighted by molar-refractivity contribution is 6.31. The molecule has 0 unspecified atom stereocenters. The summed E-state index contributed by atoms with van der Waals surface area (Å²) in [5.41, 5.74) is 8.63. The molecule has 0 amide bonds. The first-order valence-corrected chi connectivity index (χ1v) is 5.82. The van der Waals surface area contributed by atoms with Gasteiger partial charge in [-0.2, -0.15) is 0 Å². The molecule has 0 aromatic heterocycles. The smallest absolute Gasteiger partial charge is 0.0577 e. The largest absolute Gasteiger partial charge is 0.397 e. The number of unbranched alkanes of at least 4 members (excludes halogenated alkanes) is 2. The Morgan fingerprint density at radius 2 is 2.07 bits per heavy atom. The summed E-state index contributed by atoms with van der Waals surface area (Å²) < 4.78 is 0. The maximum Gasteiger partial charge on any atom is 0.0577 e. The molecule has 0 aliphatic carbocycles. The van der Waals surface area contributed by atoms with Crippen LogP contribution in [0.15, 0.2) is 12.1 Å². The van der Waals surface area contributed by atoms with Crippen molar-refractivity contribution in [1.29, 1.82) is 0 Å². The maximum absolute atomic E-state index is 5.96. The Hall–Kier alpha value is -0.890. The summed E-state index contributed by atoms with van der Waals surface area (Å²) in [6.45, 7) is 5.15. The lowest BCUT2D eigenvalue weighted by atomic mass is 10.2. The van der Waals surface area contributed by atoms with Crippen LogP contribution in [0.2, 0.25) is 5.02 Å². The highest BCUT2D eigenvalue weighted by Gasteiger charge is 2.02. The summed E-state index contributed by atoms with van der Waals surface area (Å²) in [7, 11) is 0. The van der Waals surface area contributed by atoms with Crippen molar-refractivity contribution < 1.29 is 0 Å². The number of aryl methyl sites for hydroxylation is 1. The van der Waals surface area contributed by atoms with Crippen LogP contribution < -0.4 is 11.1 Å². The van der Waals surface area contributed by atoms with Crippen LogP contribution in [-0.2, 0) is 0 Å². The van der Waals surface area contributed by atoms with Gasteiger partial charge in [0.25, 0.3) is 0 Å². The number of anilines is 2. The van der Waals surface area contributed by atoms with Gasteiger partial charge in [-0.25, -0.2) is 0 Å². The predicted octanol–water partition coefficient (Wildman–Crippen LogP) is 3.83. The molecule has 0 spiro atoms. The van der Waals surface area contributed by atoms with E-state index in [0.717, 1.165) is 28.5 Å². The van der Waals surface area contributed by atoms with E-state index in [1.54, 1.807) is 6.07 Å². The molecule has 0 radical (unpaired) electrons. The molecular weight excluding hydrogens is 208 g/mol. The van der Waals surface area contributed by atoms with Crippen molar-refractivity contribution in [3.05, 3.63) is 22.7 Å². The van der Waals surface area contributed by atoms with E-state index in [1.807, 2.05) is 13.0 Å². The van der Waals surface area contributed by atoms with Gasteiger partial charge in [0.15, 0.2) is 0 Å². The summed E-state index contributed by atoms with van der Waals surface area (Å²) >= 11 is 5.96. The minimum Gasteiger partial charge on any atom is -0.397 e. The van der Waals surface area contributed by atoms with Crippen LogP contribution in [0.25, 0.3) is 0 Å². The van der Waals surface area contributed by atoms with Crippen LogP contribution in [0.3, 0.4) is 0 Å². The third kappa shape index (κ3) is 3.63. The Bertz CT molecular complexity index is 324. The van der Waals surface area contributed by atoms with E-state index >= 15 is 0 Å². The van der Waals surface area contributed by atoms with Crippen molar-refractivity contribution in [3.8, 4) is 0 Å². The van der Waals surface area contributed by atoms with E-state index in [1.165, 1.54) is 19.3 Å². The van der Waals surface area contributed by atoms with Crippen molar-refractivity contribution in [2.75, 3.05) is 17.6 Å². The highest BCUT2D eigenvalue weighted by atomic mass is 35.5. The van der Waals surface area contributed by atoms with Gasteiger partial charge in [-0.05, 0) is 31.0 Å². The van der Waals surface area contributed by atoms with Gasteiger partial charge in [0.05, 0.1) is 11.4 Å². The summed E-state index contributed by atoms with van der Waals surface area (Å²) in [6, 6.07) is 3.81. The molecule has 0 aliphatic rings. The first kappa shape index (κ1) is 12.2. The van der Waals surface area contributed by atoms with E-state index < -0.39 is 0 Å². The second-order valence-corrected chi connectivity index (χ2v) is 4.23. The number of hydrogen-bond acceptors (Lipinski definition) is 2. The zero-order valence-electron chi connectivity index (χ0n) is 9.44. The number of benzene rings is 1. The topological polar surface area (TPSA) is 38.0 Å². The van der Waals surface area contributed by atoms with Crippen LogP contribution in [0.1, 0.15) is 31.7 Å². The first-order valence-electron chi connectivity index (χ1n) is 5.44. The number of halogens is 1. The van der Waals surface area contributed by atoms with Crippen LogP contribution in [0.4, 0.5) is 11.4 Å². The molecule has 0 aliphatic heterocycles. The molecule has 0 atom stereocenters. The van der Waals surface area contributed by atoms with Crippen molar-refractivity contribution in [2.45, 2.75) is 33.1 Å². The average Bonchev–Trinajstić information content (AvgIpc) is 2.20. The fourth-order valence-electron chi connectivity index (χ4n) is 1.45. The molecule has 1 aromatic carbocycles. The summed E-state index contributed by atoms with van der Waals surface area (Å²) in [5, 5.41) is 4.06. The third-order valence-electron chi connectivity index (χ3n) is 2.43. The Balaban J connectivity index is 2.57. The lowest BCUT2D eigenvalue weighted by Crippen LogP contribution is -2.04. The zero-order valence-corrected chi connectivity index (χ0v) is 10.2. The molecule has 0 bridgehead atoms. The summed E-state index contributed by atoms with van der Waals surface area (Å²) in [4.78, 5) is 0. The number of nitrogens with one attached hydrogen (secondary N) is 1. The van der Waals surface area contributed by atoms with Crippen LogP contribution in [0, 0.1) is 6.92 Å². The van der Waals surface area contributed by atoms with Gasteiger partial charge in [-0.3, -0.25) is 0 Å². The van der Waals surface area contributed by atoms with Crippen LogP contribution in [-0.4, -0.2) is 6.54 Å². The maximum atomic E-state index is 5.96. The SMILES string of the molecule is CCCCCNc1cc(C)c(Cl)cc1N. The van der Waals surface area contributed by atoms with Crippen LogP contribution in [0.5, 0.6) is 0 Å². The molecule has 1 aromatic rings. The number of nitrogen functional groups attached to an aromatic ring is 1. The minimum atomic E-state index is 0.724. The lowest BCUT2D eigenvalue weighted by Gasteiger charge is -2.11. The average molecular weight is 227 g/mol. The molecule has 1 rings (SSSR count). The molecule has 0 saturated heterocycles. The molecular formula is C12H19ClN2. The second-order valence-electron chi connectivity index (χ2n) is 3.82. The monoisotopic (exact) mass is 226 g/mol. The number of rotatable bonds is 5. The van der Waals surface area contributed by atoms with Crippen molar-refractivity contribution in [2.24, 2.45) is 0 Å². The quantitative estimate of drug-likeness (QED) is 0.592. The van der Waals surface area contributed by atoms with Crippen molar-refractivity contribution >= 4 is 23.0 Å². The Morgan fingerprint density at radius 3 is 2.73 bits per heavy atom. The van der Waals surface area contributed by atoms with Gasteiger partial charge in [0, 0.05) is 11.6 Å². The summed E-state index contributed by atoms with van der Waals surface area (Å²) in [6.07, 6.45) is 3.66. The zero-order chi connectivity index (χ0) is 11.3. The lowest BCUT2D eigenvalue weighted by molar-refractivity contribution is 0.744. The Labute approximate surface area is 96.8 Å². The molecule has 0 saturated carbocycles. The first-order chi connectivity index (χ1) is 7.15. The van der Waals surface area contributed by atoms with E-state index in [-0.39, 0.29) is 0 Å². The van der Waals surface area contributed by atoms with Gasteiger partial charge in [0.2, 0.25) is 0 Å². The fraction of sp³-hybridized carbons (Fsp3) is 0.500. The van der Waals surface area contributed by atoms with Gasteiger partial charge < -0.3 is 11.1 Å². The molecule has 3 heteroatoms. The van der Waals surface area contributed by atoms with Gasteiger partial charge >= 0.3 is 0 Å². The van der Waals surface area contributed by atoms with Gasteiger partial charge in [-0.15, -0.1) is 0 Å². The second kappa shape index (κ2) is 5.86. The molecule has 3 N–H and O–H groups in total. The number of hydrogen-bond donors (Lipinski definition) is 2. The van der Waals surface area contributed by atoms with E-state index in [2.05, 4.69) is 12.2 Å². The third-order valence-corrected chi connectivity index (χ3v) is 2.83. The fourth-order valence-corrected chi connectivity index (χ4v) is 1.62. The van der Waals surface area contributed by atoms with Crippen molar-refractivity contribution in [3.63, 3.8) is 0 Å². The van der Waals surface area contributed by atoms with Gasteiger partial charge in [-0.1, -0.05) is 31.4 Å². The van der Waals surface area contributed by atoms with Crippen LogP contribution >= 0.6 is 11.6 Å². The number of nitrogens with two attached hydrogens (primary N) is 1. The minimum absolute atomic E-state index is 0.724. The molecule has 15 heavy (non-hydrogen) atoms. The molecule has 0 heterocycles. The van der Waals surface area contributed by atoms with E-state index in [4.69, 9.17) is 17.3 Å². The highest BCUT2D eigenvalue weighted by Crippen LogP contribution is 2.26. The Morgan fingerprint density at radius 1 is 1.33 bits per heavy atom. The normalized spacial score (nSPS) is 10.3. The summed E-state index contributed by atoms with van der Waals surface area (Å²) in [5.74, 6) is 0. The molecule has 84 valence electrons. The van der Waals surface area contributed by atoms with Crippen molar-refractivity contribution in [1.82, 2.24) is 0 Å².